The third kappa shape index (κ3) is 3.20. The SMILES string of the molecule is N/C(=N/O)c1ccc(Oc2cc(F)ccc2Br)c(Cl)c1. The predicted octanol–water partition coefficient (Wildman–Crippen LogP) is 4.13. The van der Waals surface area contributed by atoms with E-state index in [0.717, 1.165) is 0 Å². The number of rotatable bonds is 3. The third-order valence-electron chi connectivity index (χ3n) is 2.45. The molecule has 0 aliphatic carbocycles. The minimum Gasteiger partial charge on any atom is -0.455 e. The Morgan fingerprint density at radius 3 is 2.65 bits per heavy atom. The van der Waals surface area contributed by atoms with Crippen molar-refractivity contribution in [3.05, 3.63) is 57.3 Å². The fourth-order valence-electron chi connectivity index (χ4n) is 1.47. The second-order valence-electron chi connectivity index (χ2n) is 3.81. The Hall–Kier alpha value is -1.79. The van der Waals surface area contributed by atoms with Crippen LogP contribution in [0.15, 0.2) is 46.0 Å². The minimum atomic E-state index is -0.424. The number of hydrogen-bond donors (Lipinski definition) is 2. The van der Waals surface area contributed by atoms with E-state index in [9.17, 15) is 4.39 Å². The number of nitrogens with two attached hydrogens (primary N) is 1. The molecule has 20 heavy (non-hydrogen) atoms. The summed E-state index contributed by atoms with van der Waals surface area (Å²) in [5.74, 6) is 0.133. The summed E-state index contributed by atoms with van der Waals surface area (Å²) in [7, 11) is 0. The van der Waals surface area contributed by atoms with Gasteiger partial charge in [-0.25, -0.2) is 4.39 Å². The lowest BCUT2D eigenvalue weighted by molar-refractivity contribution is 0.318. The number of ether oxygens (including phenoxy) is 1. The summed E-state index contributed by atoms with van der Waals surface area (Å²) in [6.45, 7) is 0. The van der Waals surface area contributed by atoms with Crippen LogP contribution in [0.2, 0.25) is 5.02 Å². The topological polar surface area (TPSA) is 67.8 Å². The number of nitrogens with zero attached hydrogens (tertiary/aromatic N) is 1. The fourth-order valence-corrected chi connectivity index (χ4v) is 2.02. The van der Waals surface area contributed by atoms with Crippen molar-refractivity contribution >= 4 is 33.4 Å². The van der Waals surface area contributed by atoms with Gasteiger partial charge < -0.3 is 15.7 Å². The Morgan fingerprint density at radius 1 is 1.25 bits per heavy atom. The number of oxime groups is 1. The molecule has 0 saturated carbocycles. The molecule has 0 unspecified atom stereocenters. The molecule has 4 nitrogen and oxygen atoms in total. The highest BCUT2D eigenvalue weighted by molar-refractivity contribution is 9.10. The van der Waals surface area contributed by atoms with Crippen molar-refractivity contribution in [3.8, 4) is 11.5 Å². The van der Waals surface area contributed by atoms with Crippen LogP contribution in [0.5, 0.6) is 11.5 Å². The van der Waals surface area contributed by atoms with Gasteiger partial charge in [0.15, 0.2) is 5.84 Å². The van der Waals surface area contributed by atoms with Gasteiger partial charge in [0, 0.05) is 11.6 Å². The molecule has 0 aromatic heterocycles. The number of hydrogen-bond acceptors (Lipinski definition) is 3. The van der Waals surface area contributed by atoms with E-state index >= 15 is 0 Å². The molecule has 0 heterocycles. The Bertz CT molecular complexity index is 679. The lowest BCUT2D eigenvalue weighted by Crippen LogP contribution is -2.12. The van der Waals surface area contributed by atoms with E-state index in [0.29, 0.717) is 21.5 Å². The van der Waals surface area contributed by atoms with Gasteiger partial charge in [-0.1, -0.05) is 16.8 Å². The molecular formula is C13H9BrClFN2O2. The lowest BCUT2D eigenvalue weighted by Gasteiger charge is -2.10. The van der Waals surface area contributed by atoms with Gasteiger partial charge >= 0.3 is 0 Å². The van der Waals surface area contributed by atoms with Crippen LogP contribution in [0, 0.1) is 5.82 Å². The van der Waals surface area contributed by atoms with E-state index in [1.165, 1.54) is 24.3 Å². The molecular weight excluding hydrogens is 351 g/mol. The van der Waals surface area contributed by atoms with Crippen molar-refractivity contribution in [1.29, 1.82) is 0 Å². The maximum atomic E-state index is 13.2. The normalized spacial score (nSPS) is 11.4. The van der Waals surface area contributed by atoms with Crippen LogP contribution >= 0.6 is 27.5 Å². The Morgan fingerprint density at radius 2 is 2.00 bits per heavy atom. The van der Waals surface area contributed by atoms with Gasteiger partial charge in [0.1, 0.15) is 17.3 Å². The number of benzene rings is 2. The molecule has 7 heteroatoms. The van der Waals surface area contributed by atoms with Gasteiger partial charge in [0.05, 0.1) is 9.50 Å². The lowest BCUT2D eigenvalue weighted by atomic mass is 10.2. The van der Waals surface area contributed by atoms with Crippen molar-refractivity contribution in [2.45, 2.75) is 0 Å². The first-order chi connectivity index (χ1) is 9.51. The first-order valence-electron chi connectivity index (χ1n) is 5.41. The van der Waals surface area contributed by atoms with Crippen molar-refractivity contribution in [1.82, 2.24) is 0 Å². The molecule has 2 aromatic carbocycles. The molecule has 0 atom stereocenters. The maximum Gasteiger partial charge on any atom is 0.170 e. The molecule has 0 aliphatic rings. The summed E-state index contributed by atoms with van der Waals surface area (Å²) in [5, 5.41) is 11.7. The van der Waals surface area contributed by atoms with E-state index in [4.69, 9.17) is 27.3 Å². The summed E-state index contributed by atoms with van der Waals surface area (Å²) in [6.07, 6.45) is 0. The largest absolute Gasteiger partial charge is 0.455 e. The Kier molecular flexibility index (Phi) is 4.46. The summed E-state index contributed by atoms with van der Waals surface area (Å²) >= 11 is 9.30. The van der Waals surface area contributed by atoms with Crippen LogP contribution < -0.4 is 10.5 Å². The molecule has 104 valence electrons. The van der Waals surface area contributed by atoms with Crippen LogP contribution in [-0.2, 0) is 0 Å². The average molecular weight is 360 g/mol. The second-order valence-corrected chi connectivity index (χ2v) is 5.07. The molecule has 3 N–H and O–H groups in total. The van der Waals surface area contributed by atoms with Crippen LogP contribution in [0.3, 0.4) is 0 Å². The van der Waals surface area contributed by atoms with Gasteiger partial charge in [0.25, 0.3) is 0 Å². The van der Waals surface area contributed by atoms with Crippen LogP contribution in [-0.4, -0.2) is 11.0 Å². The van der Waals surface area contributed by atoms with Crippen LogP contribution in [0.25, 0.3) is 0 Å². The highest BCUT2D eigenvalue weighted by atomic mass is 79.9. The molecule has 0 saturated heterocycles. The summed E-state index contributed by atoms with van der Waals surface area (Å²) in [5.41, 5.74) is 5.90. The summed E-state index contributed by atoms with van der Waals surface area (Å²) in [6, 6.07) is 8.68. The Balaban J connectivity index is 2.33. The maximum absolute atomic E-state index is 13.2. The molecule has 0 aliphatic heterocycles. The zero-order valence-electron chi connectivity index (χ0n) is 9.98. The predicted molar refractivity (Wildman–Crippen MR) is 78.1 cm³/mol. The van der Waals surface area contributed by atoms with E-state index < -0.39 is 5.82 Å². The highest BCUT2D eigenvalue weighted by Crippen LogP contribution is 2.34. The summed E-state index contributed by atoms with van der Waals surface area (Å²) in [4.78, 5) is 0. The van der Waals surface area contributed by atoms with Crippen LogP contribution in [0.1, 0.15) is 5.56 Å². The fraction of sp³-hybridized carbons (Fsp3) is 0. The first-order valence-corrected chi connectivity index (χ1v) is 6.58. The summed E-state index contributed by atoms with van der Waals surface area (Å²) < 4.78 is 19.3. The standard InChI is InChI=1S/C13H9BrClFN2O2/c14-9-3-2-8(16)6-12(9)20-11-4-1-7(5-10(11)15)13(17)18-19/h1-6,19H,(H2,17,18). The van der Waals surface area contributed by atoms with Gasteiger partial charge in [-0.05, 0) is 46.3 Å². The van der Waals surface area contributed by atoms with Gasteiger partial charge in [-0.2, -0.15) is 0 Å². The quantitative estimate of drug-likeness (QED) is 0.375. The second kappa shape index (κ2) is 6.11. The van der Waals surface area contributed by atoms with E-state index in [1.54, 1.807) is 12.1 Å². The highest BCUT2D eigenvalue weighted by Gasteiger charge is 2.09. The van der Waals surface area contributed by atoms with Gasteiger partial charge in [-0.15, -0.1) is 0 Å². The van der Waals surface area contributed by atoms with Crippen molar-refractivity contribution in [2.24, 2.45) is 10.9 Å². The minimum absolute atomic E-state index is 0.0645. The van der Waals surface area contributed by atoms with E-state index in [2.05, 4.69) is 21.1 Å². The number of halogens is 3. The van der Waals surface area contributed by atoms with Gasteiger partial charge in [-0.3, -0.25) is 0 Å². The molecule has 2 aromatic rings. The molecule has 0 bridgehead atoms. The first kappa shape index (κ1) is 14.6. The van der Waals surface area contributed by atoms with Crippen LogP contribution in [0.4, 0.5) is 4.39 Å². The monoisotopic (exact) mass is 358 g/mol. The number of amidine groups is 1. The zero-order chi connectivity index (χ0) is 14.7. The van der Waals surface area contributed by atoms with Gasteiger partial charge in [0.2, 0.25) is 0 Å². The molecule has 0 radical (unpaired) electrons. The van der Waals surface area contributed by atoms with Crippen molar-refractivity contribution < 1.29 is 14.3 Å². The molecule has 0 amide bonds. The van der Waals surface area contributed by atoms with Crippen molar-refractivity contribution in [3.63, 3.8) is 0 Å². The zero-order valence-corrected chi connectivity index (χ0v) is 12.3. The average Bonchev–Trinajstić information content (AvgIpc) is 2.44. The van der Waals surface area contributed by atoms with E-state index in [1.807, 2.05) is 0 Å². The molecule has 0 spiro atoms. The smallest absolute Gasteiger partial charge is 0.170 e. The third-order valence-corrected chi connectivity index (χ3v) is 3.40. The Labute approximate surface area is 127 Å². The molecule has 2 rings (SSSR count). The van der Waals surface area contributed by atoms with E-state index in [-0.39, 0.29) is 10.9 Å². The molecule has 0 fully saturated rings. The van der Waals surface area contributed by atoms with Crippen molar-refractivity contribution in [2.75, 3.05) is 0 Å².